The molecule has 0 aromatic heterocycles. The van der Waals surface area contributed by atoms with Crippen molar-refractivity contribution in [2.45, 2.75) is 18.9 Å². The predicted octanol–water partition coefficient (Wildman–Crippen LogP) is 2.54. The summed E-state index contributed by atoms with van der Waals surface area (Å²) in [7, 11) is 1.43. The average molecular weight is 261 g/mol. The minimum Gasteiger partial charge on any atom is -0.381 e. The van der Waals surface area contributed by atoms with Crippen LogP contribution in [0.5, 0.6) is 0 Å². The van der Waals surface area contributed by atoms with Gasteiger partial charge in [0.05, 0.1) is 19.1 Å². The molecule has 0 N–H and O–H groups in total. The molecule has 0 amide bonds. The number of hydrogen-bond donors (Lipinski definition) is 0. The summed E-state index contributed by atoms with van der Waals surface area (Å²) in [5, 5.41) is 3.35. The molecule has 6 heteroatoms. The molecular weight excluding hydrogens is 246 g/mol. The van der Waals surface area contributed by atoms with Crippen molar-refractivity contribution in [2.75, 3.05) is 13.7 Å². The Hall–Kier alpha value is -2.17. The molecule has 6 nitrogen and oxygen atoms in total. The molecule has 0 aliphatic rings. The van der Waals surface area contributed by atoms with Gasteiger partial charge in [0.15, 0.2) is 5.78 Å². The summed E-state index contributed by atoms with van der Waals surface area (Å²) in [6, 6.07) is 8.64. The van der Waals surface area contributed by atoms with Gasteiger partial charge in [-0.1, -0.05) is 35.4 Å². The molecule has 0 heterocycles. The Morgan fingerprint density at radius 2 is 2.05 bits per heavy atom. The van der Waals surface area contributed by atoms with Crippen LogP contribution in [0.15, 0.2) is 35.4 Å². The Balaban J connectivity index is 2.50. The van der Waals surface area contributed by atoms with E-state index in [1.807, 2.05) is 0 Å². The number of ketones is 2. The van der Waals surface area contributed by atoms with Crippen LogP contribution in [0.3, 0.4) is 0 Å². The fourth-order valence-electron chi connectivity index (χ4n) is 1.58. The van der Waals surface area contributed by atoms with Crippen molar-refractivity contribution in [3.63, 3.8) is 0 Å². The lowest BCUT2D eigenvalue weighted by Crippen LogP contribution is -2.21. The van der Waals surface area contributed by atoms with Crippen LogP contribution >= 0.6 is 0 Å². The lowest BCUT2D eigenvalue weighted by atomic mass is 10.0. The van der Waals surface area contributed by atoms with E-state index >= 15 is 0 Å². The zero-order valence-electron chi connectivity index (χ0n) is 10.7. The standard InChI is InChI=1S/C13H15N3O3/c1-19-12(9-15-16-14)7-11(17)8-13(18)10-5-3-2-4-6-10/h2-6,12H,7-9H2,1H3. The van der Waals surface area contributed by atoms with Crippen molar-refractivity contribution >= 4 is 11.6 Å². The largest absolute Gasteiger partial charge is 0.381 e. The van der Waals surface area contributed by atoms with E-state index in [9.17, 15) is 9.59 Å². The summed E-state index contributed by atoms with van der Waals surface area (Å²) in [5.74, 6) is -0.446. The number of Topliss-reactive ketones (excluding diaryl/α,β-unsaturated/α-hetero) is 2. The average Bonchev–Trinajstić information content (AvgIpc) is 2.44. The third-order valence-electron chi connectivity index (χ3n) is 2.59. The second-order valence-electron chi connectivity index (χ2n) is 3.98. The van der Waals surface area contributed by atoms with Gasteiger partial charge in [-0.3, -0.25) is 9.59 Å². The Morgan fingerprint density at radius 1 is 1.37 bits per heavy atom. The highest BCUT2D eigenvalue weighted by molar-refractivity contribution is 6.08. The zero-order valence-corrected chi connectivity index (χ0v) is 10.7. The van der Waals surface area contributed by atoms with Crippen molar-refractivity contribution in [3.8, 4) is 0 Å². The number of nitrogens with zero attached hydrogens (tertiary/aromatic N) is 3. The Bertz CT molecular complexity index is 481. The molecule has 1 rings (SSSR count). The number of hydrogen-bond acceptors (Lipinski definition) is 4. The van der Waals surface area contributed by atoms with Crippen LogP contribution in [0.4, 0.5) is 0 Å². The van der Waals surface area contributed by atoms with E-state index in [4.69, 9.17) is 10.3 Å². The van der Waals surface area contributed by atoms with E-state index in [1.165, 1.54) is 7.11 Å². The molecule has 1 atom stereocenters. The quantitative estimate of drug-likeness (QED) is 0.236. The van der Waals surface area contributed by atoms with Crippen LogP contribution in [0.25, 0.3) is 10.4 Å². The van der Waals surface area contributed by atoms with Gasteiger partial charge in [-0.05, 0) is 5.53 Å². The molecule has 1 aromatic rings. The van der Waals surface area contributed by atoms with Gasteiger partial charge in [-0.15, -0.1) is 0 Å². The van der Waals surface area contributed by atoms with Crippen molar-refractivity contribution in [1.29, 1.82) is 0 Å². The van der Waals surface area contributed by atoms with E-state index in [2.05, 4.69) is 10.0 Å². The summed E-state index contributed by atoms with van der Waals surface area (Å²) in [6.07, 6.45) is -0.583. The van der Waals surface area contributed by atoms with Gasteiger partial charge in [0.2, 0.25) is 0 Å². The number of carbonyl (C=O) groups is 2. The molecule has 0 saturated carbocycles. The smallest absolute Gasteiger partial charge is 0.170 e. The van der Waals surface area contributed by atoms with Crippen molar-refractivity contribution in [2.24, 2.45) is 5.11 Å². The van der Waals surface area contributed by atoms with Gasteiger partial charge >= 0.3 is 0 Å². The van der Waals surface area contributed by atoms with Gasteiger partial charge in [-0.2, -0.15) is 0 Å². The highest BCUT2D eigenvalue weighted by atomic mass is 16.5. The lowest BCUT2D eigenvalue weighted by molar-refractivity contribution is -0.120. The molecule has 1 unspecified atom stereocenters. The summed E-state index contributed by atoms with van der Waals surface area (Å²) in [4.78, 5) is 26.1. The number of azide groups is 1. The number of rotatable bonds is 8. The van der Waals surface area contributed by atoms with Gasteiger partial charge in [-0.25, -0.2) is 0 Å². The topological polar surface area (TPSA) is 92.1 Å². The normalized spacial score (nSPS) is 11.4. The van der Waals surface area contributed by atoms with Crippen LogP contribution in [-0.4, -0.2) is 31.3 Å². The van der Waals surface area contributed by atoms with Crippen LogP contribution in [0.1, 0.15) is 23.2 Å². The highest BCUT2D eigenvalue weighted by Crippen LogP contribution is 2.07. The summed E-state index contributed by atoms with van der Waals surface area (Å²) >= 11 is 0. The van der Waals surface area contributed by atoms with Crippen molar-refractivity contribution in [1.82, 2.24) is 0 Å². The second-order valence-corrected chi connectivity index (χ2v) is 3.98. The number of ether oxygens (including phenoxy) is 1. The molecule has 0 bridgehead atoms. The monoisotopic (exact) mass is 261 g/mol. The van der Waals surface area contributed by atoms with Crippen LogP contribution in [0.2, 0.25) is 0 Å². The molecule has 19 heavy (non-hydrogen) atoms. The van der Waals surface area contributed by atoms with E-state index in [0.29, 0.717) is 5.56 Å². The van der Waals surface area contributed by atoms with E-state index in [0.717, 1.165) is 0 Å². The first-order valence-corrected chi connectivity index (χ1v) is 5.81. The first kappa shape index (κ1) is 14.9. The summed E-state index contributed by atoms with van der Waals surface area (Å²) in [6.45, 7) is 0.0816. The Morgan fingerprint density at radius 3 is 2.63 bits per heavy atom. The third-order valence-corrected chi connectivity index (χ3v) is 2.59. The van der Waals surface area contributed by atoms with Crippen molar-refractivity contribution in [3.05, 3.63) is 46.3 Å². The summed E-state index contributed by atoms with van der Waals surface area (Å²) < 4.78 is 5.01. The minimum atomic E-state index is -0.480. The predicted molar refractivity (Wildman–Crippen MR) is 69.8 cm³/mol. The maximum Gasteiger partial charge on any atom is 0.170 e. The molecule has 0 fully saturated rings. The molecular formula is C13H15N3O3. The Labute approximate surface area is 111 Å². The molecule has 1 aromatic carbocycles. The van der Waals surface area contributed by atoms with Gasteiger partial charge in [0.1, 0.15) is 5.78 Å². The van der Waals surface area contributed by atoms with Crippen LogP contribution in [0, 0.1) is 0 Å². The number of benzene rings is 1. The highest BCUT2D eigenvalue weighted by Gasteiger charge is 2.16. The maximum absolute atomic E-state index is 11.8. The molecule has 0 spiro atoms. The van der Waals surface area contributed by atoms with Gasteiger partial charge in [0.25, 0.3) is 0 Å². The fraction of sp³-hybridized carbons (Fsp3) is 0.385. The van der Waals surface area contributed by atoms with Crippen molar-refractivity contribution < 1.29 is 14.3 Å². The SMILES string of the molecule is COC(CN=[N+]=[N-])CC(=O)CC(=O)c1ccccc1. The lowest BCUT2D eigenvalue weighted by Gasteiger charge is -2.11. The zero-order chi connectivity index (χ0) is 14.1. The van der Waals surface area contributed by atoms with Crippen LogP contribution < -0.4 is 0 Å². The molecule has 0 radical (unpaired) electrons. The number of methoxy groups -OCH3 is 1. The van der Waals surface area contributed by atoms with E-state index in [1.54, 1.807) is 30.3 Å². The van der Waals surface area contributed by atoms with E-state index in [-0.39, 0.29) is 31.0 Å². The molecule has 100 valence electrons. The molecule has 0 aliphatic carbocycles. The van der Waals surface area contributed by atoms with Gasteiger partial charge < -0.3 is 4.74 Å². The maximum atomic E-state index is 11.8. The number of carbonyl (C=O) groups excluding carboxylic acids is 2. The van der Waals surface area contributed by atoms with Gasteiger partial charge in [0, 0.05) is 24.0 Å². The van der Waals surface area contributed by atoms with Crippen LogP contribution in [-0.2, 0) is 9.53 Å². The minimum absolute atomic E-state index is 0.0636. The Kier molecular flexibility index (Phi) is 6.29. The first-order chi connectivity index (χ1) is 9.17. The fourth-order valence-corrected chi connectivity index (χ4v) is 1.58. The molecule has 0 saturated heterocycles. The third kappa shape index (κ3) is 5.33. The summed E-state index contributed by atoms with van der Waals surface area (Å²) in [5.41, 5.74) is 8.72. The first-order valence-electron chi connectivity index (χ1n) is 5.81. The molecule has 0 aliphatic heterocycles. The second kappa shape index (κ2) is 8.02. The van der Waals surface area contributed by atoms with E-state index < -0.39 is 6.10 Å².